The first kappa shape index (κ1) is 23.1. The van der Waals surface area contributed by atoms with Crippen molar-refractivity contribution < 1.29 is 13.9 Å². The molecule has 2 aromatic heterocycles. The highest BCUT2D eigenvalue weighted by Gasteiger charge is 2.23. The number of thiophene rings is 1. The number of amides is 1. The second-order valence-electron chi connectivity index (χ2n) is 8.00. The third-order valence-corrected chi connectivity index (χ3v) is 6.87. The van der Waals surface area contributed by atoms with Crippen LogP contribution in [0.25, 0.3) is 10.2 Å². The fourth-order valence-electron chi connectivity index (χ4n) is 4.09. The Labute approximate surface area is 195 Å². The molecule has 8 nitrogen and oxygen atoms in total. The number of anilines is 2. The Morgan fingerprint density at radius 1 is 1.45 bits per heavy atom. The summed E-state index contributed by atoms with van der Waals surface area (Å²) in [5.74, 6) is 0.0609. The van der Waals surface area contributed by atoms with Crippen molar-refractivity contribution in [2.45, 2.75) is 32.3 Å². The maximum atomic E-state index is 14.1. The number of halogens is 1. The van der Waals surface area contributed by atoms with Crippen molar-refractivity contribution in [3.8, 4) is 5.75 Å². The average molecular weight is 471 g/mol. The molecule has 3 N–H and O–H groups in total. The molecule has 0 bridgehead atoms. The number of hydrogen-bond acceptors (Lipinski definition) is 8. The summed E-state index contributed by atoms with van der Waals surface area (Å²) in [6, 6.07) is 4.40. The number of aromatic nitrogens is 2. The van der Waals surface area contributed by atoms with E-state index in [0.717, 1.165) is 38.9 Å². The lowest BCUT2D eigenvalue weighted by molar-refractivity contribution is 0.0907. The molecule has 1 aliphatic heterocycles. The van der Waals surface area contributed by atoms with Gasteiger partial charge in [-0.25, -0.2) is 14.4 Å². The number of hydrogen-bond donors (Lipinski definition) is 2. The first-order valence-electron chi connectivity index (χ1n) is 10.9. The van der Waals surface area contributed by atoms with Crippen LogP contribution in [0.1, 0.15) is 34.5 Å². The summed E-state index contributed by atoms with van der Waals surface area (Å²) in [6.45, 7) is 4.53. The van der Waals surface area contributed by atoms with Crippen LogP contribution in [0.5, 0.6) is 5.75 Å². The van der Waals surface area contributed by atoms with Crippen LogP contribution in [0.3, 0.4) is 0 Å². The lowest BCUT2D eigenvalue weighted by Gasteiger charge is -2.33. The molecule has 1 aromatic carbocycles. The Kier molecular flexibility index (Phi) is 7.14. The zero-order valence-corrected chi connectivity index (χ0v) is 19.5. The molecule has 1 aliphatic rings. The van der Waals surface area contributed by atoms with Gasteiger partial charge in [0, 0.05) is 26.2 Å². The third-order valence-electron chi connectivity index (χ3n) is 5.66. The van der Waals surface area contributed by atoms with Gasteiger partial charge in [-0.15, -0.1) is 11.3 Å². The number of carbonyl (C=O) groups is 1. The number of aliphatic imine (C=N–C) groups is 1. The fraction of sp³-hybridized carbons (Fsp3) is 0.391. The second-order valence-corrected chi connectivity index (χ2v) is 9.00. The van der Waals surface area contributed by atoms with Crippen molar-refractivity contribution in [1.29, 1.82) is 0 Å². The summed E-state index contributed by atoms with van der Waals surface area (Å²) < 4.78 is 20.4. The highest BCUT2D eigenvalue weighted by molar-refractivity contribution is 7.20. The van der Waals surface area contributed by atoms with E-state index in [1.807, 2.05) is 13.1 Å². The van der Waals surface area contributed by atoms with Crippen molar-refractivity contribution in [1.82, 2.24) is 14.9 Å². The number of ether oxygens (including phenoxy) is 1. The lowest BCUT2D eigenvalue weighted by Crippen LogP contribution is -2.41. The average Bonchev–Trinajstić information content (AvgIpc) is 3.14. The molecule has 0 saturated carbocycles. The smallest absolute Gasteiger partial charge is 0.259 e. The second kappa shape index (κ2) is 10.2. The van der Waals surface area contributed by atoms with E-state index in [-0.39, 0.29) is 11.9 Å². The number of rotatable bonds is 8. The van der Waals surface area contributed by atoms with Gasteiger partial charge in [-0.1, -0.05) is 0 Å². The summed E-state index contributed by atoms with van der Waals surface area (Å²) in [7, 11) is 1.78. The van der Waals surface area contributed by atoms with Crippen LogP contribution in [-0.2, 0) is 0 Å². The van der Waals surface area contributed by atoms with E-state index in [0.29, 0.717) is 37.9 Å². The van der Waals surface area contributed by atoms with Crippen LogP contribution in [0.4, 0.5) is 15.9 Å². The molecule has 1 amide bonds. The molecular weight excluding hydrogens is 443 g/mol. The van der Waals surface area contributed by atoms with Gasteiger partial charge in [0.25, 0.3) is 5.91 Å². The van der Waals surface area contributed by atoms with Gasteiger partial charge in [0.05, 0.1) is 16.0 Å². The van der Waals surface area contributed by atoms with Gasteiger partial charge in [0.1, 0.15) is 34.6 Å². The van der Waals surface area contributed by atoms with E-state index >= 15 is 0 Å². The van der Waals surface area contributed by atoms with E-state index < -0.39 is 5.91 Å². The van der Waals surface area contributed by atoms with Gasteiger partial charge < -0.3 is 20.8 Å². The van der Waals surface area contributed by atoms with E-state index in [4.69, 9.17) is 10.5 Å². The molecule has 0 unspecified atom stereocenters. The molecule has 1 atom stereocenters. The first-order chi connectivity index (χ1) is 16.0. The van der Waals surface area contributed by atoms with Gasteiger partial charge in [0.15, 0.2) is 0 Å². The minimum Gasteiger partial charge on any atom is -0.487 e. The number of likely N-dealkylation sites (tertiary alicyclic amines) is 1. The largest absolute Gasteiger partial charge is 0.487 e. The monoisotopic (exact) mass is 470 g/mol. The van der Waals surface area contributed by atoms with Gasteiger partial charge in [-0.05, 0) is 56.6 Å². The van der Waals surface area contributed by atoms with Crippen molar-refractivity contribution in [3.63, 3.8) is 0 Å². The van der Waals surface area contributed by atoms with Gasteiger partial charge in [-0.2, -0.15) is 0 Å². The molecule has 0 spiro atoms. The van der Waals surface area contributed by atoms with Crippen LogP contribution < -0.4 is 15.8 Å². The molecule has 1 saturated heterocycles. The quantitative estimate of drug-likeness (QED) is 0.484. The summed E-state index contributed by atoms with van der Waals surface area (Å²) in [5.41, 5.74) is 6.82. The molecule has 3 aromatic rings. The molecule has 1 fully saturated rings. The van der Waals surface area contributed by atoms with Gasteiger partial charge >= 0.3 is 0 Å². The maximum absolute atomic E-state index is 14.1. The van der Waals surface area contributed by atoms with Crippen LogP contribution in [0.2, 0.25) is 0 Å². The number of primary amides is 1. The van der Waals surface area contributed by atoms with Gasteiger partial charge in [-0.3, -0.25) is 9.69 Å². The maximum Gasteiger partial charge on any atom is 0.259 e. The van der Waals surface area contributed by atoms with Crippen LogP contribution in [0.15, 0.2) is 29.5 Å². The Morgan fingerprint density at radius 2 is 2.30 bits per heavy atom. The normalized spacial score (nSPS) is 17.0. The first-order valence-corrected chi connectivity index (χ1v) is 11.7. The lowest BCUT2D eigenvalue weighted by atomic mass is 10.1. The molecule has 0 radical (unpaired) electrons. The van der Waals surface area contributed by atoms with E-state index in [1.165, 1.54) is 29.8 Å². The Bertz CT molecular complexity index is 1180. The summed E-state index contributed by atoms with van der Waals surface area (Å²) in [4.78, 5) is 27.9. The van der Waals surface area contributed by atoms with Crippen molar-refractivity contribution in [2.24, 2.45) is 10.7 Å². The highest BCUT2D eigenvalue weighted by atomic mass is 32.1. The number of nitrogens with zero attached hydrogens (tertiary/aromatic N) is 4. The molecule has 4 rings (SSSR count). The zero-order valence-electron chi connectivity index (χ0n) is 18.7. The van der Waals surface area contributed by atoms with Crippen LogP contribution in [0, 0.1) is 12.7 Å². The Balaban J connectivity index is 1.58. The number of nitrogens with two attached hydrogens (primary N) is 1. The number of aryl methyl sites for hydroxylation is 1. The van der Waals surface area contributed by atoms with Crippen molar-refractivity contribution >= 4 is 45.2 Å². The minimum absolute atomic E-state index is 0.0468. The number of fused-ring (bicyclic) bond motifs is 1. The molecule has 10 heteroatoms. The third kappa shape index (κ3) is 5.28. The van der Waals surface area contributed by atoms with Crippen LogP contribution >= 0.6 is 11.3 Å². The molecular formula is C23H27FN6O2S. The molecule has 174 valence electrons. The number of piperidine rings is 1. The fourth-order valence-corrected chi connectivity index (χ4v) is 5.09. The Hall–Kier alpha value is -3.11. The molecule has 0 aliphatic carbocycles. The molecule has 33 heavy (non-hydrogen) atoms. The van der Waals surface area contributed by atoms with E-state index in [1.54, 1.807) is 13.1 Å². The predicted molar refractivity (Wildman–Crippen MR) is 129 cm³/mol. The highest BCUT2D eigenvalue weighted by Crippen LogP contribution is 2.36. The van der Waals surface area contributed by atoms with E-state index in [9.17, 15) is 9.18 Å². The van der Waals surface area contributed by atoms with Crippen LogP contribution in [-0.4, -0.2) is 59.8 Å². The SMILES string of the molecule is CN=CCCN1CCC[C@H](Oc2cc(F)ccc2Nc2ncnc3sc(C(N)=O)c(C)c23)C1. The van der Waals surface area contributed by atoms with Crippen molar-refractivity contribution in [2.75, 3.05) is 32.0 Å². The topological polar surface area (TPSA) is 106 Å². The standard InChI is InChI=1S/C23H27FN6O2S/c1-14-19-22(27-13-28-23(19)33-20(14)21(25)31)29-17-7-6-15(24)11-18(17)32-16-5-3-9-30(12-16)10-4-8-26-2/h6-8,11,13,16H,3-5,9-10,12H2,1-2H3,(H2,25,31)(H,27,28,29)/t16-/m0/s1. The number of benzene rings is 1. The zero-order chi connectivity index (χ0) is 23.4. The summed E-state index contributed by atoms with van der Waals surface area (Å²) in [6.07, 6.45) is 6.10. The summed E-state index contributed by atoms with van der Waals surface area (Å²) in [5, 5.41) is 3.98. The predicted octanol–water partition coefficient (Wildman–Crippen LogP) is 3.92. The van der Waals surface area contributed by atoms with Gasteiger partial charge in [0.2, 0.25) is 0 Å². The minimum atomic E-state index is -0.501. The van der Waals surface area contributed by atoms with E-state index in [2.05, 4.69) is 25.2 Å². The van der Waals surface area contributed by atoms with Crippen molar-refractivity contribution in [3.05, 3.63) is 40.8 Å². The number of nitrogens with one attached hydrogen (secondary N) is 1. The number of carbonyl (C=O) groups excluding carboxylic acids is 1. The summed E-state index contributed by atoms with van der Waals surface area (Å²) >= 11 is 1.23. The molecule has 3 heterocycles. The Morgan fingerprint density at radius 3 is 3.09 bits per heavy atom.